The van der Waals surface area contributed by atoms with Crippen molar-refractivity contribution in [1.82, 2.24) is 20.1 Å². The molecule has 22 heavy (non-hydrogen) atoms. The van der Waals surface area contributed by atoms with Gasteiger partial charge in [0.15, 0.2) is 0 Å². The molecule has 1 unspecified atom stereocenters. The van der Waals surface area contributed by atoms with Crippen LogP contribution in [0.25, 0.3) is 0 Å². The molecule has 8 heteroatoms. The standard InChI is InChI=1S/C14H17N5O2S/c1-14(11-9(12(15)20)5-17-18-11)3-2-4-19(7-14)13(21)10-6-16-8-22-10/h5-6,8H,2-4,7H2,1H3,(H2,15,20)(H,17,18). The van der Waals surface area contributed by atoms with Crippen LogP contribution in [0.2, 0.25) is 0 Å². The number of nitrogens with one attached hydrogen (secondary N) is 1. The summed E-state index contributed by atoms with van der Waals surface area (Å²) in [6.45, 7) is 3.25. The summed E-state index contributed by atoms with van der Waals surface area (Å²) >= 11 is 1.33. The van der Waals surface area contributed by atoms with E-state index < -0.39 is 5.91 Å². The Morgan fingerprint density at radius 1 is 1.45 bits per heavy atom. The zero-order chi connectivity index (χ0) is 15.7. The summed E-state index contributed by atoms with van der Waals surface area (Å²) in [7, 11) is 0. The van der Waals surface area contributed by atoms with Crippen LogP contribution in [-0.2, 0) is 5.41 Å². The SMILES string of the molecule is CC1(c2[nH]ncc2C(N)=O)CCCN(C(=O)c2cncs2)C1. The summed E-state index contributed by atoms with van der Waals surface area (Å²) in [5.74, 6) is -0.524. The Morgan fingerprint density at radius 3 is 2.95 bits per heavy atom. The smallest absolute Gasteiger partial charge is 0.265 e. The number of aromatic nitrogens is 3. The zero-order valence-electron chi connectivity index (χ0n) is 12.2. The number of primary amides is 1. The van der Waals surface area contributed by atoms with Crippen molar-refractivity contribution in [2.24, 2.45) is 5.73 Å². The summed E-state index contributed by atoms with van der Waals surface area (Å²) in [5.41, 5.74) is 7.81. The molecule has 1 fully saturated rings. The second-order valence-electron chi connectivity index (χ2n) is 5.78. The van der Waals surface area contributed by atoms with Gasteiger partial charge in [0.25, 0.3) is 11.8 Å². The van der Waals surface area contributed by atoms with Crippen molar-refractivity contribution in [3.05, 3.63) is 34.0 Å². The van der Waals surface area contributed by atoms with Gasteiger partial charge in [-0.25, -0.2) is 0 Å². The molecule has 1 atom stereocenters. The first-order valence-electron chi connectivity index (χ1n) is 7.03. The molecule has 116 valence electrons. The van der Waals surface area contributed by atoms with E-state index in [0.717, 1.165) is 12.8 Å². The van der Waals surface area contributed by atoms with Gasteiger partial charge < -0.3 is 10.6 Å². The van der Waals surface area contributed by atoms with Crippen molar-refractivity contribution < 1.29 is 9.59 Å². The van der Waals surface area contributed by atoms with Gasteiger partial charge in [-0.05, 0) is 12.8 Å². The number of piperidine rings is 1. The van der Waals surface area contributed by atoms with Crippen LogP contribution < -0.4 is 5.73 Å². The number of likely N-dealkylation sites (tertiary alicyclic amines) is 1. The van der Waals surface area contributed by atoms with Gasteiger partial charge in [-0.1, -0.05) is 6.92 Å². The number of carbonyl (C=O) groups excluding carboxylic acids is 2. The van der Waals surface area contributed by atoms with Crippen molar-refractivity contribution in [1.29, 1.82) is 0 Å². The number of nitrogens with zero attached hydrogens (tertiary/aromatic N) is 3. The van der Waals surface area contributed by atoms with E-state index in [1.165, 1.54) is 17.5 Å². The molecule has 7 nitrogen and oxygen atoms in total. The van der Waals surface area contributed by atoms with E-state index >= 15 is 0 Å². The summed E-state index contributed by atoms with van der Waals surface area (Å²) in [6.07, 6.45) is 4.76. The molecule has 0 radical (unpaired) electrons. The average Bonchev–Trinajstić information content (AvgIpc) is 3.18. The second-order valence-corrected chi connectivity index (χ2v) is 6.67. The Labute approximate surface area is 131 Å². The molecule has 1 saturated heterocycles. The Hall–Kier alpha value is -2.22. The molecule has 0 aromatic carbocycles. The molecule has 2 aromatic rings. The van der Waals surface area contributed by atoms with E-state index in [1.807, 2.05) is 11.8 Å². The molecule has 0 bridgehead atoms. The summed E-state index contributed by atoms with van der Waals surface area (Å²) in [4.78, 5) is 30.5. The van der Waals surface area contributed by atoms with Crippen LogP contribution >= 0.6 is 11.3 Å². The van der Waals surface area contributed by atoms with Gasteiger partial charge in [0.2, 0.25) is 0 Å². The maximum absolute atomic E-state index is 12.5. The van der Waals surface area contributed by atoms with E-state index in [0.29, 0.717) is 29.2 Å². The van der Waals surface area contributed by atoms with E-state index in [9.17, 15) is 9.59 Å². The third-order valence-corrected chi connectivity index (χ3v) is 4.90. The number of hydrogen-bond donors (Lipinski definition) is 2. The lowest BCUT2D eigenvalue weighted by Gasteiger charge is -2.40. The fourth-order valence-electron chi connectivity index (χ4n) is 3.03. The molecule has 1 aliphatic rings. The Bertz CT molecular complexity index is 696. The molecule has 0 spiro atoms. The lowest BCUT2D eigenvalue weighted by atomic mass is 9.77. The topological polar surface area (TPSA) is 105 Å². The first-order valence-corrected chi connectivity index (χ1v) is 7.91. The highest BCUT2D eigenvalue weighted by Gasteiger charge is 2.38. The van der Waals surface area contributed by atoms with Crippen molar-refractivity contribution in [3.63, 3.8) is 0 Å². The highest BCUT2D eigenvalue weighted by atomic mass is 32.1. The van der Waals surface area contributed by atoms with Crippen molar-refractivity contribution in [2.45, 2.75) is 25.2 Å². The van der Waals surface area contributed by atoms with Gasteiger partial charge in [0.05, 0.1) is 29.2 Å². The second kappa shape index (κ2) is 5.53. The van der Waals surface area contributed by atoms with Gasteiger partial charge in [-0.15, -0.1) is 11.3 Å². The Balaban J connectivity index is 1.87. The first kappa shape index (κ1) is 14.7. The number of carbonyl (C=O) groups is 2. The zero-order valence-corrected chi connectivity index (χ0v) is 13.0. The first-order chi connectivity index (χ1) is 10.5. The number of nitrogens with two attached hydrogens (primary N) is 1. The van der Waals surface area contributed by atoms with Crippen LogP contribution in [0.5, 0.6) is 0 Å². The monoisotopic (exact) mass is 319 g/mol. The predicted molar refractivity (Wildman–Crippen MR) is 81.7 cm³/mol. The van der Waals surface area contributed by atoms with Crippen LogP contribution in [-0.4, -0.2) is 45.0 Å². The normalized spacial score (nSPS) is 21.8. The molecule has 3 rings (SSSR count). The fraction of sp³-hybridized carbons (Fsp3) is 0.429. The van der Waals surface area contributed by atoms with Gasteiger partial charge in [0.1, 0.15) is 4.88 Å². The molecule has 2 amide bonds. The Kier molecular flexibility index (Phi) is 3.69. The van der Waals surface area contributed by atoms with E-state index in [4.69, 9.17) is 5.73 Å². The number of aromatic amines is 1. The van der Waals surface area contributed by atoms with Crippen molar-refractivity contribution in [3.8, 4) is 0 Å². The van der Waals surface area contributed by atoms with Crippen LogP contribution in [0, 0.1) is 0 Å². The third-order valence-electron chi connectivity index (χ3n) is 4.14. The lowest BCUT2D eigenvalue weighted by Crippen LogP contribution is -2.47. The highest BCUT2D eigenvalue weighted by Crippen LogP contribution is 2.35. The molecule has 3 N–H and O–H groups in total. The minimum atomic E-state index is -0.504. The van der Waals surface area contributed by atoms with Crippen molar-refractivity contribution >= 4 is 23.2 Å². The highest BCUT2D eigenvalue weighted by molar-refractivity contribution is 7.11. The Morgan fingerprint density at radius 2 is 2.27 bits per heavy atom. The van der Waals surface area contributed by atoms with E-state index in [2.05, 4.69) is 15.2 Å². The number of thiazole rings is 1. The quantitative estimate of drug-likeness (QED) is 0.885. The van der Waals surface area contributed by atoms with Gasteiger partial charge in [-0.2, -0.15) is 5.10 Å². The minimum absolute atomic E-state index is 0.0198. The molecular formula is C14H17N5O2S. The summed E-state index contributed by atoms with van der Waals surface area (Å²) in [5, 5.41) is 6.84. The largest absolute Gasteiger partial charge is 0.365 e. The molecule has 0 saturated carbocycles. The molecule has 3 heterocycles. The molecule has 0 aliphatic carbocycles. The van der Waals surface area contributed by atoms with Gasteiger partial charge in [0, 0.05) is 18.5 Å². The summed E-state index contributed by atoms with van der Waals surface area (Å²) in [6, 6.07) is 0. The van der Waals surface area contributed by atoms with E-state index in [1.54, 1.807) is 11.7 Å². The van der Waals surface area contributed by atoms with Crippen molar-refractivity contribution in [2.75, 3.05) is 13.1 Å². The van der Waals surface area contributed by atoms with Crippen LogP contribution in [0.15, 0.2) is 17.9 Å². The van der Waals surface area contributed by atoms with Crippen LogP contribution in [0.4, 0.5) is 0 Å². The maximum Gasteiger partial charge on any atom is 0.265 e. The van der Waals surface area contributed by atoms with Gasteiger partial charge >= 0.3 is 0 Å². The van der Waals surface area contributed by atoms with Crippen LogP contribution in [0.3, 0.4) is 0 Å². The lowest BCUT2D eigenvalue weighted by molar-refractivity contribution is 0.0651. The predicted octanol–water partition coefficient (Wildman–Crippen LogP) is 1.16. The number of hydrogen-bond acceptors (Lipinski definition) is 5. The molecule has 1 aliphatic heterocycles. The molecular weight excluding hydrogens is 302 g/mol. The van der Waals surface area contributed by atoms with Gasteiger partial charge in [-0.3, -0.25) is 19.7 Å². The fourth-order valence-corrected chi connectivity index (χ4v) is 3.61. The van der Waals surface area contributed by atoms with Crippen LogP contribution in [0.1, 0.15) is 45.5 Å². The minimum Gasteiger partial charge on any atom is -0.365 e. The van der Waals surface area contributed by atoms with E-state index in [-0.39, 0.29) is 11.3 Å². The maximum atomic E-state index is 12.5. The molecule has 2 aromatic heterocycles. The third kappa shape index (κ3) is 2.50. The number of H-pyrrole nitrogens is 1. The average molecular weight is 319 g/mol. The summed E-state index contributed by atoms with van der Waals surface area (Å²) < 4.78 is 0. The number of amides is 2. The number of rotatable bonds is 3.